The summed E-state index contributed by atoms with van der Waals surface area (Å²) in [7, 11) is -3.22. The summed E-state index contributed by atoms with van der Waals surface area (Å²) in [5, 5.41) is 3.59. The van der Waals surface area contributed by atoms with Crippen LogP contribution in [0.15, 0.2) is 24.3 Å². The maximum Gasteiger partial charge on any atom is 0.232 e. The van der Waals surface area contributed by atoms with Crippen LogP contribution < -0.4 is 10.0 Å². The minimum atomic E-state index is -3.22. The molecular formula is C17H29N3O2S. The van der Waals surface area contributed by atoms with Crippen molar-refractivity contribution in [1.29, 1.82) is 0 Å². The normalized spacial score (nSPS) is 22.7. The molecule has 1 aliphatic rings. The van der Waals surface area contributed by atoms with E-state index in [1.807, 2.05) is 31.2 Å². The van der Waals surface area contributed by atoms with Gasteiger partial charge in [0.1, 0.15) is 0 Å². The van der Waals surface area contributed by atoms with Crippen LogP contribution in [0.4, 0.5) is 11.4 Å². The third-order valence-electron chi connectivity index (χ3n) is 4.42. The van der Waals surface area contributed by atoms with Crippen LogP contribution in [-0.4, -0.2) is 44.7 Å². The van der Waals surface area contributed by atoms with Gasteiger partial charge in [0.2, 0.25) is 10.0 Å². The maximum absolute atomic E-state index is 11.8. The average molecular weight is 340 g/mol. The highest BCUT2D eigenvalue weighted by molar-refractivity contribution is 7.92. The van der Waals surface area contributed by atoms with Crippen molar-refractivity contribution in [2.24, 2.45) is 5.92 Å². The Hall–Kier alpha value is -1.27. The van der Waals surface area contributed by atoms with Gasteiger partial charge in [-0.2, -0.15) is 0 Å². The zero-order valence-corrected chi connectivity index (χ0v) is 15.2. The van der Waals surface area contributed by atoms with Crippen molar-refractivity contribution < 1.29 is 8.42 Å². The van der Waals surface area contributed by atoms with Crippen LogP contribution in [0.5, 0.6) is 0 Å². The van der Waals surface area contributed by atoms with Gasteiger partial charge in [-0.05, 0) is 49.6 Å². The van der Waals surface area contributed by atoms with Gasteiger partial charge >= 0.3 is 0 Å². The van der Waals surface area contributed by atoms with E-state index in [1.54, 1.807) is 0 Å². The highest BCUT2D eigenvalue weighted by Crippen LogP contribution is 2.22. The fourth-order valence-electron chi connectivity index (χ4n) is 3.08. The van der Waals surface area contributed by atoms with Crippen LogP contribution in [0, 0.1) is 5.92 Å². The van der Waals surface area contributed by atoms with Gasteiger partial charge in [0.05, 0.1) is 5.75 Å². The summed E-state index contributed by atoms with van der Waals surface area (Å²) in [4.78, 5) is 2.48. The first-order valence-electron chi connectivity index (χ1n) is 8.53. The maximum atomic E-state index is 11.8. The standard InChI is InChI=1S/C17H29N3O2S/c1-4-12-23(21,22)19-16-8-6-15(7-9-16)18-17-10-11-20(5-2)13-14(17)3/h6-9,14,17-19H,4-5,10-13H2,1-3H3/t14-,17-/m0/s1. The molecule has 1 aliphatic heterocycles. The van der Waals surface area contributed by atoms with Crippen molar-refractivity contribution in [3.8, 4) is 0 Å². The number of rotatable bonds is 7. The summed E-state index contributed by atoms with van der Waals surface area (Å²) in [6, 6.07) is 8.01. The van der Waals surface area contributed by atoms with Crippen LogP contribution in [0.1, 0.15) is 33.6 Å². The molecule has 6 heteroatoms. The van der Waals surface area contributed by atoms with Crippen LogP contribution in [0.3, 0.4) is 0 Å². The molecule has 0 aliphatic carbocycles. The predicted molar refractivity (Wildman–Crippen MR) is 97.4 cm³/mol. The summed E-state index contributed by atoms with van der Waals surface area (Å²) in [6.45, 7) is 9.73. The van der Waals surface area contributed by atoms with E-state index < -0.39 is 10.0 Å². The molecule has 2 atom stereocenters. The largest absolute Gasteiger partial charge is 0.382 e. The molecule has 1 aromatic carbocycles. The molecule has 5 nitrogen and oxygen atoms in total. The number of anilines is 2. The minimum Gasteiger partial charge on any atom is -0.382 e. The lowest BCUT2D eigenvalue weighted by molar-refractivity contribution is 0.179. The number of hydrogen-bond acceptors (Lipinski definition) is 4. The third kappa shape index (κ3) is 5.39. The molecule has 0 saturated carbocycles. The van der Waals surface area contributed by atoms with E-state index in [0.29, 0.717) is 24.1 Å². The number of piperidine rings is 1. The summed E-state index contributed by atoms with van der Waals surface area (Å²) in [6.07, 6.45) is 1.75. The Morgan fingerprint density at radius 3 is 2.39 bits per heavy atom. The Balaban J connectivity index is 1.93. The highest BCUT2D eigenvalue weighted by atomic mass is 32.2. The molecule has 0 bridgehead atoms. The van der Waals surface area contributed by atoms with Crippen molar-refractivity contribution in [3.63, 3.8) is 0 Å². The molecule has 0 spiro atoms. The predicted octanol–water partition coefficient (Wildman–Crippen LogP) is 2.98. The fourth-order valence-corrected chi connectivity index (χ4v) is 4.22. The van der Waals surface area contributed by atoms with Crippen molar-refractivity contribution in [1.82, 2.24) is 4.90 Å². The van der Waals surface area contributed by atoms with Crippen molar-refractivity contribution in [2.45, 2.75) is 39.7 Å². The molecule has 23 heavy (non-hydrogen) atoms. The lowest BCUT2D eigenvalue weighted by Crippen LogP contribution is -2.44. The van der Waals surface area contributed by atoms with Crippen molar-refractivity contribution in [3.05, 3.63) is 24.3 Å². The van der Waals surface area contributed by atoms with E-state index in [-0.39, 0.29) is 5.75 Å². The quantitative estimate of drug-likeness (QED) is 0.802. The van der Waals surface area contributed by atoms with Crippen LogP contribution in [0.2, 0.25) is 0 Å². The number of likely N-dealkylation sites (tertiary alicyclic amines) is 1. The zero-order chi connectivity index (χ0) is 16.9. The summed E-state index contributed by atoms with van der Waals surface area (Å²) < 4.78 is 26.2. The molecule has 2 N–H and O–H groups in total. The first-order chi connectivity index (χ1) is 10.9. The van der Waals surface area contributed by atoms with Crippen LogP contribution in [0.25, 0.3) is 0 Å². The zero-order valence-electron chi connectivity index (χ0n) is 14.4. The first-order valence-corrected chi connectivity index (χ1v) is 10.2. The van der Waals surface area contributed by atoms with Crippen molar-refractivity contribution >= 4 is 21.4 Å². The molecule has 0 radical (unpaired) electrons. The van der Waals surface area contributed by atoms with Gasteiger partial charge in [-0.3, -0.25) is 4.72 Å². The van der Waals surface area contributed by atoms with Gasteiger partial charge in [-0.1, -0.05) is 20.8 Å². The summed E-state index contributed by atoms with van der Waals surface area (Å²) in [5.41, 5.74) is 1.67. The van der Waals surface area contributed by atoms with E-state index in [4.69, 9.17) is 0 Å². The van der Waals surface area contributed by atoms with Crippen LogP contribution in [-0.2, 0) is 10.0 Å². The minimum absolute atomic E-state index is 0.153. The Bertz CT molecular complexity index is 586. The molecule has 1 aromatic rings. The lowest BCUT2D eigenvalue weighted by atomic mass is 9.93. The molecule has 1 saturated heterocycles. The number of hydrogen-bond donors (Lipinski definition) is 2. The summed E-state index contributed by atoms with van der Waals surface area (Å²) in [5.74, 6) is 0.756. The van der Waals surface area contributed by atoms with Gasteiger partial charge in [0.15, 0.2) is 0 Å². The molecule has 0 amide bonds. The van der Waals surface area contributed by atoms with Gasteiger partial charge < -0.3 is 10.2 Å². The first kappa shape index (κ1) is 18.1. The van der Waals surface area contributed by atoms with Gasteiger partial charge in [-0.15, -0.1) is 0 Å². The second kappa shape index (κ2) is 8.02. The average Bonchev–Trinajstić information content (AvgIpc) is 2.50. The smallest absolute Gasteiger partial charge is 0.232 e. The van der Waals surface area contributed by atoms with E-state index in [0.717, 1.165) is 31.7 Å². The Morgan fingerprint density at radius 2 is 1.83 bits per heavy atom. The Kier molecular flexibility index (Phi) is 6.30. The second-order valence-electron chi connectivity index (χ2n) is 6.41. The number of nitrogens with one attached hydrogen (secondary N) is 2. The molecular weight excluding hydrogens is 310 g/mol. The van der Waals surface area contributed by atoms with Gasteiger partial charge in [0, 0.05) is 30.5 Å². The number of sulfonamides is 1. The molecule has 1 fully saturated rings. The monoisotopic (exact) mass is 339 g/mol. The van der Waals surface area contributed by atoms with E-state index in [2.05, 4.69) is 28.8 Å². The molecule has 2 rings (SSSR count). The lowest BCUT2D eigenvalue weighted by Gasteiger charge is -2.37. The molecule has 1 heterocycles. The summed E-state index contributed by atoms with van der Waals surface area (Å²) >= 11 is 0. The molecule has 0 unspecified atom stereocenters. The van der Waals surface area contributed by atoms with Gasteiger partial charge in [-0.25, -0.2) is 8.42 Å². The number of benzene rings is 1. The Morgan fingerprint density at radius 1 is 1.17 bits per heavy atom. The Labute approximate surface area is 140 Å². The highest BCUT2D eigenvalue weighted by Gasteiger charge is 2.24. The van der Waals surface area contributed by atoms with E-state index >= 15 is 0 Å². The topological polar surface area (TPSA) is 61.4 Å². The fraction of sp³-hybridized carbons (Fsp3) is 0.647. The molecule has 0 aromatic heterocycles. The second-order valence-corrected chi connectivity index (χ2v) is 8.25. The van der Waals surface area contributed by atoms with E-state index in [9.17, 15) is 8.42 Å². The third-order valence-corrected chi connectivity index (χ3v) is 5.91. The van der Waals surface area contributed by atoms with Crippen molar-refractivity contribution in [2.75, 3.05) is 35.4 Å². The molecule has 130 valence electrons. The number of nitrogens with zero attached hydrogens (tertiary/aromatic N) is 1. The SMILES string of the molecule is CCCS(=O)(=O)Nc1ccc(N[C@H]2CCN(CC)C[C@@H]2C)cc1. The van der Waals surface area contributed by atoms with Gasteiger partial charge in [0.25, 0.3) is 0 Å². The van der Waals surface area contributed by atoms with E-state index in [1.165, 1.54) is 0 Å². The van der Waals surface area contributed by atoms with Crippen LogP contribution >= 0.6 is 0 Å².